The third kappa shape index (κ3) is 3.65. The minimum absolute atomic E-state index is 0.0377. The standard InChI is InChI=1S/C19H15N3OS2/c23-17(12-24-11-14-6-3-4-10-20-14)21-19-22-18-15-7-2-1-5-13(15)8-9-16(18)25-19/h1-10H,11-12H2,(H,21,22,23). The molecule has 25 heavy (non-hydrogen) atoms. The van der Waals surface area contributed by atoms with Gasteiger partial charge >= 0.3 is 0 Å². The molecule has 0 bridgehead atoms. The monoisotopic (exact) mass is 365 g/mol. The summed E-state index contributed by atoms with van der Waals surface area (Å²) in [5.74, 6) is 1.07. The Morgan fingerprint density at radius 3 is 2.84 bits per heavy atom. The number of pyridine rings is 1. The molecule has 0 aliphatic heterocycles. The molecule has 124 valence electrons. The molecule has 4 aromatic rings. The van der Waals surface area contributed by atoms with Gasteiger partial charge in [0, 0.05) is 17.3 Å². The molecular weight excluding hydrogens is 350 g/mol. The van der Waals surface area contributed by atoms with Gasteiger partial charge in [0.2, 0.25) is 5.91 Å². The van der Waals surface area contributed by atoms with Crippen molar-refractivity contribution < 1.29 is 4.79 Å². The summed E-state index contributed by atoms with van der Waals surface area (Å²) in [5, 5.41) is 5.83. The number of amides is 1. The summed E-state index contributed by atoms with van der Waals surface area (Å²) in [6, 6.07) is 18.1. The first-order valence-electron chi connectivity index (χ1n) is 7.85. The van der Waals surface area contributed by atoms with Crippen LogP contribution in [0.2, 0.25) is 0 Å². The van der Waals surface area contributed by atoms with Gasteiger partial charge in [-0.15, -0.1) is 11.8 Å². The maximum absolute atomic E-state index is 12.2. The minimum Gasteiger partial charge on any atom is -0.301 e. The van der Waals surface area contributed by atoms with Crippen molar-refractivity contribution in [3.05, 3.63) is 66.5 Å². The summed E-state index contributed by atoms with van der Waals surface area (Å²) in [5.41, 5.74) is 1.92. The zero-order valence-electron chi connectivity index (χ0n) is 13.3. The number of thiazole rings is 1. The quantitative estimate of drug-likeness (QED) is 0.556. The molecule has 1 amide bonds. The fourth-order valence-corrected chi connectivity index (χ4v) is 4.24. The Hall–Kier alpha value is -2.44. The maximum Gasteiger partial charge on any atom is 0.236 e. The fraction of sp³-hybridized carbons (Fsp3) is 0.105. The van der Waals surface area contributed by atoms with Crippen LogP contribution in [0.4, 0.5) is 5.13 Å². The predicted octanol–water partition coefficient (Wildman–Crippen LogP) is 4.72. The number of anilines is 1. The van der Waals surface area contributed by atoms with Gasteiger partial charge in [-0.3, -0.25) is 9.78 Å². The van der Waals surface area contributed by atoms with Gasteiger partial charge < -0.3 is 5.32 Å². The number of hydrogen-bond donors (Lipinski definition) is 1. The van der Waals surface area contributed by atoms with E-state index in [1.807, 2.05) is 30.3 Å². The number of carbonyl (C=O) groups excluding carboxylic acids is 1. The molecule has 1 N–H and O–H groups in total. The lowest BCUT2D eigenvalue weighted by Gasteiger charge is -2.01. The number of fused-ring (bicyclic) bond motifs is 3. The molecule has 0 fully saturated rings. The summed E-state index contributed by atoms with van der Waals surface area (Å²) in [6.45, 7) is 0. The number of hydrogen-bond acceptors (Lipinski definition) is 5. The Morgan fingerprint density at radius 1 is 1.08 bits per heavy atom. The van der Waals surface area contributed by atoms with E-state index in [1.54, 1.807) is 18.0 Å². The molecule has 0 aliphatic rings. The van der Waals surface area contributed by atoms with Crippen LogP contribution >= 0.6 is 23.1 Å². The Kier molecular flexibility index (Phi) is 4.63. The van der Waals surface area contributed by atoms with Crippen molar-refractivity contribution in [2.45, 2.75) is 5.75 Å². The summed E-state index contributed by atoms with van der Waals surface area (Å²) in [6.07, 6.45) is 1.77. The van der Waals surface area contributed by atoms with Gasteiger partial charge in [0.25, 0.3) is 0 Å². The first-order chi connectivity index (χ1) is 12.3. The highest BCUT2D eigenvalue weighted by atomic mass is 32.2. The van der Waals surface area contributed by atoms with Gasteiger partial charge in [-0.1, -0.05) is 47.7 Å². The maximum atomic E-state index is 12.2. The van der Waals surface area contributed by atoms with Crippen LogP contribution in [0.3, 0.4) is 0 Å². The predicted molar refractivity (Wildman–Crippen MR) is 106 cm³/mol. The van der Waals surface area contributed by atoms with Crippen LogP contribution in [-0.4, -0.2) is 21.6 Å². The first kappa shape index (κ1) is 16.1. The molecule has 0 radical (unpaired) electrons. The zero-order valence-corrected chi connectivity index (χ0v) is 14.9. The third-order valence-electron chi connectivity index (χ3n) is 3.74. The van der Waals surface area contributed by atoms with Crippen molar-refractivity contribution in [2.75, 3.05) is 11.1 Å². The molecule has 4 nitrogen and oxygen atoms in total. The molecule has 4 rings (SSSR count). The topological polar surface area (TPSA) is 54.9 Å². The Bertz CT molecular complexity index is 1030. The van der Waals surface area contributed by atoms with Crippen molar-refractivity contribution >= 4 is 55.1 Å². The van der Waals surface area contributed by atoms with Crippen molar-refractivity contribution in [3.63, 3.8) is 0 Å². The van der Waals surface area contributed by atoms with E-state index < -0.39 is 0 Å². The average Bonchev–Trinajstić information content (AvgIpc) is 3.05. The van der Waals surface area contributed by atoms with Crippen molar-refractivity contribution in [1.29, 1.82) is 0 Å². The van der Waals surface area contributed by atoms with E-state index >= 15 is 0 Å². The molecule has 2 aromatic carbocycles. The summed E-state index contributed by atoms with van der Waals surface area (Å²) >= 11 is 3.05. The lowest BCUT2D eigenvalue weighted by molar-refractivity contribution is -0.113. The first-order valence-corrected chi connectivity index (χ1v) is 9.82. The van der Waals surface area contributed by atoms with Crippen LogP contribution in [0.5, 0.6) is 0 Å². The van der Waals surface area contributed by atoms with E-state index in [2.05, 4.69) is 39.6 Å². The van der Waals surface area contributed by atoms with Crippen LogP contribution in [-0.2, 0) is 10.5 Å². The van der Waals surface area contributed by atoms with Gasteiger partial charge in [-0.05, 0) is 23.6 Å². The smallest absolute Gasteiger partial charge is 0.236 e. The third-order valence-corrected chi connectivity index (χ3v) is 5.64. The Balaban J connectivity index is 1.43. The molecule has 0 atom stereocenters. The number of aromatic nitrogens is 2. The number of nitrogens with one attached hydrogen (secondary N) is 1. The summed E-state index contributed by atoms with van der Waals surface area (Å²) in [4.78, 5) is 21.0. The number of thioether (sulfide) groups is 1. The summed E-state index contributed by atoms with van der Waals surface area (Å²) < 4.78 is 1.08. The lowest BCUT2D eigenvalue weighted by atomic mass is 10.1. The van der Waals surface area contributed by atoms with Crippen molar-refractivity contribution in [2.24, 2.45) is 0 Å². The molecule has 2 heterocycles. The lowest BCUT2D eigenvalue weighted by Crippen LogP contribution is -2.13. The number of rotatable bonds is 5. The highest BCUT2D eigenvalue weighted by molar-refractivity contribution is 7.99. The normalized spacial score (nSPS) is 11.0. The van der Waals surface area contributed by atoms with E-state index in [0.29, 0.717) is 10.9 Å². The molecule has 0 aliphatic carbocycles. The molecule has 6 heteroatoms. The molecule has 0 saturated carbocycles. The van der Waals surface area contributed by atoms with E-state index in [1.165, 1.54) is 11.3 Å². The Labute approximate surface area is 153 Å². The van der Waals surface area contributed by atoms with E-state index in [4.69, 9.17) is 0 Å². The molecule has 0 spiro atoms. The number of carbonyl (C=O) groups is 1. The van der Waals surface area contributed by atoms with Crippen molar-refractivity contribution in [1.82, 2.24) is 9.97 Å². The van der Waals surface area contributed by atoms with E-state index in [-0.39, 0.29) is 5.91 Å². The van der Waals surface area contributed by atoms with Gasteiger partial charge in [0.15, 0.2) is 5.13 Å². The molecule has 2 aromatic heterocycles. The largest absolute Gasteiger partial charge is 0.301 e. The second kappa shape index (κ2) is 7.21. The average molecular weight is 365 g/mol. The summed E-state index contributed by atoms with van der Waals surface area (Å²) in [7, 11) is 0. The van der Waals surface area contributed by atoms with Crippen LogP contribution in [0.1, 0.15) is 5.69 Å². The highest BCUT2D eigenvalue weighted by Crippen LogP contribution is 2.31. The van der Waals surface area contributed by atoms with Crippen LogP contribution in [0.25, 0.3) is 21.0 Å². The van der Waals surface area contributed by atoms with Crippen molar-refractivity contribution in [3.8, 4) is 0 Å². The van der Waals surface area contributed by atoms with Crippen LogP contribution < -0.4 is 5.32 Å². The fourth-order valence-electron chi connectivity index (χ4n) is 2.60. The second-order valence-corrected chi connectivity index (χ2v) is 7.53. The van der Waals surface area contributed by atoms with Gasteiger partial charge in [0.1, 0.15) is 0 Å². The van der Waals surface area contributed by atoms with E-state index in [0.717, 1.165) is 32.4 Å². The van der Waals surface area contributed by atoms with Gasteiger partial charge in [-0.25, -0.2) is 4.98 Å². The second-order valence-electron chi connectivity index (χ2n) is 5.51. The SMILES string of the molecule is O=C(CSCc1ccccn1)Nc1nc2c(ccc3ccccc32)s1. The van der Waals surface area contributed by atoms with Crippen LogP contribution in [0, 0.1) is 0 Å². The van der Waals surface area contributed by atoms with E-state index in [9.17, 15) is 4.79 Å². The van der Waals surface area contributed by atoms with Crippen LogP contribution in [0.15, 0.2) is 60.8 Å². The van der Waals surface area contributed by atoms with Gasteiger partial charge in [0.05, 0.1) is 21.7 Å². The minimum atomic E-state index is -0.0377. The zero-order chi connectivity index (χ0) is 17.1. The molecule has 0 unspecified atom stereocenters. The molecule has 0 saturated heterocycles. The number of nitrogens with zero attached hydrogens (tertiary/aromatic N) is 2. The highest BCUT2D eigenvalue weighted by Gasteiger charge is 2.10. The number of benzene rings is 2. The van der Waals surface area contributed by atoms with Gasteiger partial charge in [-0.2, -0.15) is 0 Å². The molecular formula is C19H15N3OS2. The Morgan fingerprint density at radius 2 is 1.96 bits per heavy atom.